The minimum atomic E-state index is -0.584. The lowest BCUT2D eigenvalue weighted by atomic mass is 10.1. The molecule has 156 valence electrons. The summed E-state index contributed by atoms with van der Waals surface area (Å²) in [6.45, 7) is 4.59. The number of methoxy groups -OCH3 is 1. The smallest absolute Gasteiger partial charge is 0.261 e. The van der Waals surface area contributed by atoms with Crippen molar-refractivity contribution in [2.45, 2.75) is 32.7 Å². The predicted octanol–water partition coefficient (Wildman–Crippen LogP) is 3.06. The summed E-state index contributed by atoms with van der Waals surface area (Å²) >= 11 is 0. The van der Waals surface area contributed by atoms with Crippen molar-refractivity contribution in [3.8, 4) is 11.5 Å². The highest BCUT2D eigenvalue weighted by atomic mass is 16.5. The van der Waals surface area contributed by atoms with Gasteiger partial charge in [-0.3, -0.25) is 9.59 Å². The van der Waals surface area contributed by atoms with Crippen molar-refractivity contribution in [2.75, 3.05) is 26.8 Å². The molecule has 2 aromatic carbocycles. The minimum absolute atomic E-state index is 0.162. The maximum absolute atomic E-state index is 12.9. The van der Waals surface area contributed by atoms with Crippen LogP contribution in [0.3, 0.4) is 0 Å². The number of nitrogens with zero attached hydrogens (tertiary/aromatic N) is 1. The van der Waals surface area contributed by atoms with Gasteiger partial charge in [-0.15, -0.1) is 0 Å². The summed E-state index contributed by atoms with van der Waals surface area (Å²) in [7, 11) is 1.55. The Morgan fingerprint density at radius 2 is 1.69 bits per heavy atom. The average molecular weight is 399 g/mol. The van der Waals surface area contributed by atoms with Crippen LogP contribution in [0.1, 0.15) is 25.8 Å². The van der Waals surface area contributed by atoms with Crippen molar-refractivity contribution in [1.82, 2.24) is 10.2 Å². The Labute approximate surface area is 172 Å². The lowest BCUT2D eigenvalue weighted by molar-refractivity contribution is -0.141. The monoisotopic (exact) mass is 398 g/mol. The molecule has 0 radical (unpaired) electrons. The van der Waals surface area contributed by atoms with Gasteiger partial charge < -0.3 is 19.7 Å². The van der Waals surface area contributed by atoms with E-state index in [2.05, 4.69) is 5.32 Å². The fraction of sp³-hybridized carbons (Fsp3) is 0.391. The van der Waals surface area contributed by atoms with E-state index in [0.717, 1.165) is 12.0 Å². The Morgan fingerprint density at radius 1 is 1.03 bits per heavy atom. The molecule has 0 spiro atoms. The van der Waals surface area contributed by atoms with Crippen LogP contribution in [0.25, 0.3) is 0 Å². The van der Waals surface area contributed by atoms with Gasteiger partial charge in [-0.25, -0.2) is 0 Å². The summed E-state index contributed by atoms with van der Waals surface area (Å²) in [4.78, 5) is 27.0. The second kappa shape index (κ2) is 11.7. The third-order valence-electron chi connectivity index (χ3n) is 4.62. The molecule has 29 heavy (non-hydrogen) atoms. The van der Waals surface area contributed by atoms with Crippen molar-refractivity contribution < 1.29 is 19.1 Å². The Kier molecular flexibility index (Phi) is 9.02. The second-order valence-corrected chi connectivity index (χ2v) is 6.73. The third-order valence-corrected chi connectivity index (χ3v) is 4.62. The van der Waals surface area contributed by atoms with Crippen LogP contribution < -0.4 is 14.8 Å². The molecule has 0 bridgehead atoms. The van der Waals surface area contributed by atoms with Crippen molar-refractivity contribution >= 4 is 11.8 Å². The van der Waals surface area contributed by atoms with Crippen LogP contribution in [0.5, 0.6) is 11.5 Å². The molecule has 6 nitrogen and oxygen atoms in total. The van der Waals surface area contributed by atoms with Crippen molar-refractivity contribution in [1.29, 1.82) is 0 Å². The number of benzene rings is 2. The second-order valence-electron chi connectivity index (χ2n) is 6.73. The Hall–Kier alpha value is -3.02. The van der Waals surface area contributed by atoms with E-state index in [9.17, 15) is 9.59 Å². The first kappa shape index (κ1) is 22.3. The largest absolute Gasteiger partial charge is 0.493 e. The SMILES string of the molecule is CCCNC(=O)[C@H](C)N(CCc1ccccc1)C(=O)COc1ccccc1OC. The molecule has 1 N–H and O–H groups in total. The highest BCUT2D eigenvalue weighted by Gasteiger charge is 2.26. The number of hydrogen-bond acceptors (Lipinski definition) is 4. The van der Waals surface area contributed by atoms with Crippen LogP contribution in [0, 0.1) is 0 Å². The van der Waals surface area contributed by atoms with Gasteiger partial charge in [0.05, 0.1) is 7.11 Å². The average Bonchev–Trinajstić information content (AvgIpc) is 2.76. The summed E-state index contributed by atoms with van der Waals surface area (Å²) < 4.78 is 10.9. The van der Waals surface area contributed by atoms with E-state index < -0.39 is 6.04 Å². The molecule has 0 heterocycles. The van der Waals surface area contributed by atoms with Gasteiger partial charge >= 0.3 is 0 Å². The molecule has 1 atom stereocenters. The number of amides is 2. The van der Waals surface area contributed by atoms with Crippen molar-refractivity contribution in [2.24, 2.45) is 0 Å². The third kappa shape index (κ3) is 6.82. The van der Waals surface area contributed by atoms with E-state index in [1.165, 1.54) is 0 Å². The van der Waals surface area contributed by atoms with Crippen LogP contribution >= 0.6 is 0 Å². The zero-order chi connectivity index (χ0) is 21.1. The highest BCUT2D eigenvalue weighted by molar-refractivity contribution is 5.88. The topological polar surface area (TPSA) is 67.9 Å². The summed E-state index contributed by atoms with van der Waals surface area (Å²) in [6.07, 6.45) is 1.50. The van der Waals surface area contributed by atoms with Crippen molar-refractivity contribution in [3.63, 3.8) is 0 Å². The fourth-order valence-electron chi connectivity index (χ4n) is 2.93. The summed E-state index contributed by atoms with van der Waals surface area (Å²) in [5, 5.41) is 2.86. The van der Waals surface area contributed by atoms with Crippen LogP contribution in [0.4, 0.5) is 0 Å². The first-order chi connectivity index (χ1) is 14.1. The lowest BCUT2D eigenvalue weighted by Gasteiger charge is -2.28. The molecule has 0 aliphatic heterocycles. The van der Waals surface area contributed by atoms with Crippen LogP contribution in [-0.2, 0) is 16.0 Å². The number of nitrogens with one attached hydrogen (secondary N) is 1. The minimum Gasteiger partial charge on any atom is -0.493 e. The maximum Gasteiger partial charge on any atom is 0.261 e. The fourth-order valence-corrected chi connectivity index (χ4v) is 2.93. The summed E-state index contributed by atoms with van der Waals surface area (Å²) in [5.41, 5.74) is 1.11. The quantitative estimate of drug-likeness (QED) is 0.632. The first-order valence-corrected chi connectivity index (χ1v) is 9.93. The maximum atomic E-state index is 12.9. The molecule has 0 saturated heterocycles. The number of rotatable bonds is 11. The van der Waals surface area contributed by atoms with Crippen LogP contribution in [0.15, 0.2) is 54.6 Å². The normalized spacial score (nSPS) is 11.4. The van der Waals surface area contributed by atoms with Crippen molar-refractivity contribution in [3.05, 3.63) is 60.2 Å². The van der Waals surface area contributed by atoms with Gasteiger partial charge in [-0.1, -0.05) is 49.4 Å². The van der Waals surface area contributed by atoms with Gasteiger partial charge in [-0.05, 0) is 37.5 Å². The number of hydrogen-bond donors (Lipinski definition) is 1. The molecule has 0 aromatic heterocycles. The van der Waals surface area contributed by atoms with E-state index in [0.29, 0.717) is 31.0 Å². The molecule has 0 unspecified atom stereocenters. The van der Waals surface area contributed by atoms with Gasteiger partial charge in [-0.2, -0.15) is 0 Å². The van der Waals surface area contributed by atoms with Gasteiger partial charge in [0.1, 0.15) is 6.04 Å². The van der Waals surface area contributed by atoms with E-state index >= 15 is 0 Å². The Morgan fingerprint density at radius 3 is 2.34 bits per heavy atom. The van der Waals surface area contributed by atoms with E-state index in [-0.39, 0.29) is 18.4 Å². The van der Waals surface area contributed by atoms with Gasteiger partial charge in [0, 0.05) is 13.1 Å². The molecule has 0 aliphatic rings. The van der Waals surface area contributed by atoms with Crippen LogP contribution in [-0.4, -0.2) is 49.6 Å². The highest BCUT2D eigenvalue weighted by Crippen LogP contribution is 2.25. The molecule has 0 saturated carbocycles. The molecular formula is C23H30N2O4. The molecule has 2 aromatic rings. The van der Waals surface area contributed by atoms with Gasteiger partial charge in [0.25, 0.3) is 5.91 Å². The molecule has 0 aliphatic carbocycles. The molecule has 2 rings (SSSR count). The number of carbonyl (C=O) groups is 2. The molecule has 6 heteroatoms. The summed E-state index contributed by atoms with van der Waals surface area (Å²) in [6, 6.07) is 16.5. The Bertz CT molecular complexity index is 779. The zero-order valence-electron chi connectivity index (χ0n) is 17.4. The lowest BCUT2D eigenvalue weighted by Crippen LogP contribution is -2.50. The first-order valence-electron chi connectivity index (χ1n) is 9.93. The standard InChI is InChI=1S/C23H30N2O4/c1-4-15-24-23(27)18(2)25(16-14-19-10-6-5-7-11-19)22(26)17-29-21-13-9-8-12-20(21)28-3/h5-13,18H,4,14-17H2,1-3H3,(H,24,27)/t18-/m0/s1. The van der Waals surface area contributed by atoms with E-state index in [1.54, 1.807) is 31.1 Å². The van der Waals surface area contributed by atoms with Gasteiger partial charge in [0.2, 0.25) is 5.91 Å². The van der Waals surface area contributed by atoms with Gasteiger partial charge in [0.15, 0.2) is 18.1 Å². The van der Waals surface area contributed by atoms with E-state index in [1.807, 2.05) is 49.4 Å². The van der Waals surface area contributed by atoms with E-state index in [4.69, 9.17) is 9.47 Å². The number of carbonyl (C=O) groups excluding carboxylic acids is 2. The molecule has 0 fully saturated rings. The number of para-hydroxylation sites is 2. The zero-order valence-corrected chi connectivity index (χ0v) is 17.4. The number of ether oxygens (including phenoxy) is 2. The molecule has 2 amide bonds. The summed E-state index contributed by atoms with van der Waals surface area (Å²) in [5.74, 6) is 0.649. The predicted molar refractivity (Wildman–Crippen MR) is 113 cm³/mol. The molecular weight excluding hydrogens is 368 g/mol. The van der Waals surface area contributed by atoms with Crippen LogP contribution in [0.2, 0.25) is 0 Å². The Balaban J connectivity index is 2.07.